The second-order valence-electron chi connectivity index (χ2n) is 4.88. The first-order chi connectivity index (χ1) is 9.47. The molecule has 1 N–H and O–H groups in total. The molecule has 20 heavy (non-hydrogen) atoms. The van der Waals surface area contributed by atoms with Gasteiger partial charge in [-0.25, -0.2) is 4.79 Å². The van der Waals surface area contributed by atoms with Crippen LogP contribution in [0, 0.1) is 5.92 Å². The first kappa shape index (κ1) is 16.3. The Labute approximate surface area is 118 Å². The molecule has 2 amide bonds. The number of nitrogens with zero attached hydrogens (tertiary/aromatic N) is 2. The SMILES string of the molecule is CCCN(CC(=O)OCC)C(=O)N1CC(CC(=O)O)C1. The second kappa shape index (κ2) is 7.72. The highest BCUT2D eigenvalue weighted by molar-refractivity contribution is 5.81. The summed E-state index contributed by atoms with van der Waals surface area (Å²) < 4.78 is 4.84. The average molecular weight is 286 g/mol. The van der Waals surface area contributed by atoms with Crippen LogP contribution < -0.4 is 0 Å². The van der Waals surface area contributed by atoms with E-state index in [2.05, 4.69) is 0 Å². The number of ether oxygens (including phenoxy) is 1. The Bertz CT molecular complexity index is 366. The van der Waals surface area contributed by atoms with E-state index in [-0.39, 0.29) is 31.5 Å². The summed E-state index contributed by atoms with van der Waals surface area (Å²) >= 11 is 0. The maximum absolute atomic E-state index is 12.2. The fraction of sp³-hybridized carbons (Fsp3) is 0.769. The van der Waals surface area contributed by atoms with E-state index < -0.39 is 11.9 Å². The van der Waals surface area contributed by atoms with Crippen molar-refractivity contribution in [1.82, 2.24) is 9.80 Å². The predicted octanol–water partition coefficient (Wildman–Crippen LogP) is 0.788. The first-order valence-electron chi connectivity index (χ1n) is 6.89. The molecule has 0 spiro atoms. The minimum atomic E-state index is -0.848. The molecule has 114 valence electrons. The summed E-state index contributed by atoms with van der Waals surface area (Å²) in [6.45, 7) is 5.24. The third kappa shape index (κ3) is 4.71. The standard InChI is InChI=1S/C13H22N2O5/c1-3-5-14(9-12(18)20-4-2)13(19)15-7-10(8-15)6-11(16)17/h10H,3-9H2,1-2H3,(H,16,17). The van der Waals surface area contributed by atoms with Gasteiger partial charge in [0.15, 0.2) is 0 Å². The third-order valence-electron chi connectivity index (χ3n) is 3.08. The van der Waals surface area contributed by atoms with E-state index in [4.69, 9.17) is 9.84 Å². The number of rotatable bonds is 7. The van der Waals surface area contributed by atoms with Gasteiger partial charge >= 0.3 is 18.0 Å². The van der Waals surface area contributed by atoms with Gasteiger partial charge in [0.25, 0.3) is 0 Å². The number of carbonyl (C=O) groups is 3. The number of hydrogen-bond donors (Lipinski definition) is 1. The molecule has 0 aliphatic carbocycles. The second-order valence-corrected chi connectivity index (χ2v) is 4.88. The van der Waals surface area contributed by atoms with Crippen LogP contribution in [0.15, 0.2) is 0 Å². The van der Waals surface area contributed by atoms with Crippen molar-refractivity contribution in [2.45, 2.75) is 26.7 Å². The molecule has 0 aromatic carbocycles. The van der Waals surface area contributed by atoms with Crippen LogP contribution in [0.5, 0.6) is 0 Å². The molecule has 7 nitrogen and oxygen atoms in total. The van der Waals surface area contributed by atoms with Crippen LogP contribution in [0.1, 0.15) is 26.7 Å². The molecule has 1 aliphatic heterocycles. The van der Waals surface area contributed by atoms with E-state index in [0.717, 1.165) is 6.42 Å². The van der Waals surface area contributed by atoms with Crippen LogP contribution in [0.4, 0.5) is 4.79 Å². The van der Waals surface area contributed by atoms with E-state index in [1.165, 1.54) is 4.90 Å². The number of carboxylic acid groups (broad SMARTS) is 1. The van der Waals surface area contributed by atoms with E-state index in [1.807, 2.05) is 6.92 Å². The molecule has 0 aromatic heterocycles. The molecule has 0 aromatic rings. The smallest absolute Gasteiger partial charge is 0.325 e. The van der Waals surface area contributed by atoms with E-state index >= 15 is 0 Å². The number of urea groups is 1. The normalized spacial score (nSPS) is 14.6. The number of carboxylic acids is 1. The largest absolute Gasteiger partial charge is 0.481 e. The third-order valence-corrected chi connectivity index (χ3v) is 3.08. The van der Waals surface area contributed by atoms with Crippen LogP contribution in [-0.4, -0.2) is 65.7 Å². The van der Waals surface area contributed by atoms with Crippen molar-refractivity contribution in [2.75, 3.05) is 32.8 Å². The maximum Gasteiger partial charge on any atom is 0.325 e. The van der Waals surface area contributed by atoms with Crippen LogP contribution in [0.25, 0.3) is 0 Å². The zero-order valence-corrected chi connectivity index (χ0v) is 12.0. The molecule has 1 aliphatic rings. The van der Waals surface area contributed by atoms with Crippen molar-refractivity contribution in [3.05, 3.63) is 0 Å². The van der Waals surface area contributed by atoms with Crippen LogP contribution in [0.2, 0.25) is 0 Å². The predicted molar refractivity (Wildman–Crippen MR) is 71.2 cm³/mol. The molecule has 0 unspecified atom stereocenters. The quantitative estimate of drug-likeness (QED) is 0.699. The molecule has 1 rings (SSSR count). The molecular formula is C13H22N2O5. The van der Waals surface area contributed by atoms with Gasteiger partial charge in [0, 0.05) is 25.6 Å². The minimum Gasteiger partial charge on any atom is -0.481 e. The van der Waals surface area contributed by atoms with E-state index in [0.29, 0.717) is 19.6 Å². The van der Waals surface area contributed by atoms with Gasteiger partial charge in [-0.05, 0) is 13.3 Å². The Morgan fingerprint density at radius 3 is 2.45 bits per heavy atom. The summed E-state index contributed by atoms with van der Waals surface area (Å²) in [6, 6.07) is -0.221. The number of carbonyl (C=O) groups excluding carboxylic acids is 2. The Morgan fingerprint density at radius 2 is 1.95 bits per heavy atom. The Morgan fingerprint density at radius 1 is 1.30 bits per heavy atom. The van der Waals surface area contributed by atoms with E-state index in [1.54, 1.807) is 11.8 Å². The van der Waals surface area contributed by atoms with E-state index in [9.17, 15) is 14.4 Å². The summed E-state index contributed by atoms with van der Waals surface area (Å²) in [5, 5.41) is 8.67. The van der Waals surface area contributed by atoms with Crippen molar-refractivity contribution < 1.29 is 24.2 Å². The zero-order valence-electron chi connectivity index (χ0n) is 12.0. The Balaban J connectivity index is 2.45. The minimum absolute atomic E-state index is 0.0162. The lowest BCUT2D eigenvalue weighted by Gasteiger charge is -2.41. The number of esters is 1. The lowest BCUT2D eigenvalue weighted by Crippen LogP contribution is -2.56. The summed E-state index contributed by atoms with van der Waals surface area (Å²) in [5.41, 5.74) is 0. The van der Waals surface area contributed by atoms with Crippen molar-refractivity contribution in [3.63, 3.8) is 0 Å². The molecule has 1 saturated heterocycles. The summed E-state index contributed by atoms with van der Waals surface area (Å²) in [6.07, 6.45) is 0.826. The van der Waals surface area contributed by atoms with Crippen LogP contribution in [-0.2, 0) is 14.3 Å². The molecule has 1 fully saturated rings. The molecule has 7 heteroatoms. The topological polar surface area (TPSA) is 87.2 Å². The number of aliphatic carboxylic acids is 1. The van der Waals surface area contributed by atoms with Gasteiger partial charge in [-0.1, -0.05) is 6.92 Å². The molecule has 0 radical (unpaired) electrons. The zero-order chi connectivity index (χ0) is 15.1. The summed E-state index contributed by atoms with van der Waals surface area (Å²) in [7, 11) is 0. The molecule has 0 saturated carbocycles. The molecule has 1 heterocycles. The highest BCUT2D eigenvalue weighted by Gasteiger charge is 2.34. The van der Waals surface area contributed by atoms with Gasteiger partial charge < -0.3 is 19.6 Å². The summed E-state index contributed by atoms with van der Waals surface area (Å²) in [4.78, 5) is 37.2. The van der Waals surface area contributed by atoms with Crippen molar-refractivity contribution in [3.8, 4) is 0 Å². The monoisotopic (exact) mass is 286 g/mol. The molecule has 0 bridgehead atoms. The Kier molecular flexibility index (Phi) is 6.27. The van der Waals surface area contributed by atoms with Gasteiger partial charge in [0.1, 0.15) is 6.54 Å². The number of amides is 2. The van der Waals surface area contributed by atoms with Crippen molar-refractivity contribution in [1.29, 1.82) is 0 Å². The summed E-state index contributed by atoms with van der Waals surface area (Å²) in [5.74, 6) is -1.25. The van der Waals surface area contributed by atoms with Crippen molar-refractivity contribution >= 4 is 18.0 Å². The first-order valence-corrected chi connectivity index (χ1v) is 6.89. The lowest BCUT2D eigenvalue weighted by molar-refractivity contribution is -0.143. The van der Waals surface area contributed by atoms with Gasteiger partial charge in [0.2, 0.25) is 0 Å². The fourth-order valence-corrected chi connectivity index (χ4v) is 2.18. The van der Waals surface area contributed by atoms with Crippen molar-refractivity contribution in [2.24, 2.45) is 5.92 Å². The fourth-order valence-electron chi connectivity index (χ4n) is 2.18. The van der Waals surface area contributed by atoms with Gasteiger partial charge in [-0.2, -0.15) is 0 Å². The highest BCUT2D eigenvalue weighted by atomic mass is 16.5. The lowest BCUT2D eigenvalue weighted by atomic mass is 9.97. The maximum atomic E-state index is 12.2. The van der Waals surface area contributed by atoms with Crippen LogP contribution in [0.3, 0.4) is 0 Å². The molecular weight excluding hydrogens is 264 g/mol. The Hall–Kier alpha value is -1.79. The molecule has 0 atom stereocenters. The van der Waals surface area contributed by atoms with Gasteiger partial charge in [0.05, 0.1) is 13.0 Å². The number of likely N-dealkylation sites (tertiary alicyclic amines) is 1. The highest BCUT2D eigenvalue weighted by Crippen LogP contribution is 2.20. The number of hydrogen-bond acceptors (Lipinski definition) is 4. The average Bonchev–Trinajstić information content (AvgIpc) is 2.32. The van der Waals surface area contributed by atoms with Crippen LogP contribution >= 0.6 is 0 Å². The van der Waals surface area contributed by atoms with Gasteiger partial charge in [-0.15, -0.1) is 0 Å². The van der Waals surface area contributed by atoms with Gasteiger partial charge in [-0.3, -0.25) is 9.59 Å².